The van der Waals surface area contributed by atoms with E-state index in [1.54, 1.807) is 55.7 Å². The fraction of sp³-hybridized carbons (Fsp3) is 0.367. The molecule has 3 heterocycles. The van der Waals surface area contributed by atoms with Gasteiger partial charge in [-0.15, -0.1) is 0 Å². The van der Waals surface area contributed by atoms with Crippen molar-refractivity contribution in [1.29, 1.82) is 0 Å². The summed E-state index contributed by atoms with van der Waals surface area (Å²) in [4.78, 5) is 27.2. The molecule has 5 rings (SSSR count). The second-order valence-corrected chi connectivity index (χ2v) is 10.7. The van der Waals surface area contributed by atoms with Crippen LogP contribution < -0.4 is 15.4 Å². The second kappa shape index (κ2) is 12.8. The Morgan fingerprint density at radius 3 is 2.67 bits per heavy atom. The van der Waals surface area contributed by atoms with Gasteiger partial charge < -0.3 is 20.3 Å². The number of halogens is 3. The van der Waals surface area contributed by atoms with Gasteiger partial charge in [0, 0.05) is 47.1 Å². The highest BCUT2D eigenvalue weighted by molar-refractivity contribution is 6.01. The number of hydrogen-bond acceptors (Lipinski definition) is 7. The highest BCUT2D eigenvalue weighted by Crippen LogP contribution is 2.29. The molecule has 43 heavy (non-hydrogen) atoms. The molecular formula is C30H32F3N7O3. The van der Waals surface area contributed by atoms with E-state index in [2.05, 4.69) is 31.0 Å². The normalized spacial score (nSPS) is 15.5. The van der Waals surface area contributed by atoms with Gasteiger partial charge in [0.05, 0.1) is 38.1 Å². The van der Waals surface area contributed by atoms with Crippen LogP contribution in [0, 0.1) is 11.7 Å². The monoisotopic (exact) mass is 595 g/mol. The SMILES string of the molecule is COc1cccc(F)c1CNC[C@@H](CC[C@H](C)C(=O)N1CC(F)(F)C1)NC(=O)c1ccc2[nH]nc(-c3ccnnc3)c2c1. The first-order chi connectivity index (χ1) is 20.6. The number of fused-ring (bicyclic) bond motifs is 1. The van der Waals surface area contributed by atoms with Crippen molar-refractivity contribution >= 4 is 22.7 Å². The average molecular weight is 596 g/mol. The van der Waals surface area contributed by atoms with E-state index in [4.69, 9.17) is 4.74 Å². The standard InChI is InChI=1S/C30H32F3N7O3/c1-18(29(42)40-16-30(32,33)17-40)6-8-21(14-34-15-23-24(31)4-3-5-26(23)43-2)37-28(41)19-7-9-25-22(12-19)27(39-38-25)20-10-11-35-36-13-20/h3-5,7,9-13,18,21,34H,6,8,14-17H2,1-2H3,(H,37,41)(H,38,39)/t18-,21+/m0/s1. The van der Waals surface area contributed by atoms with Crippen molar-refractivity contribution in [3.05, 3.63) is 71.8 Å². The zero-order valence-electron chi connectivity index (χ0n) is 23.7. The van der Waals surface area contributed by atoms with E-state index in [9.17, 15) is 22.8 Å². The maximum Gasteiger partial charge on any atom is 0.282 e. The van der Waals surface area contributed by atoms with Crippen molar-refractivity contribution in [1.82, 2.24) is 35.9 Å². The Morgan fingerprint density at radius 2 is 1.95 bits per heavy atom. The number of ether oxygens (including phenoxy) is 1. The number of methoxy groups -OCH3 is 1. The van der Waals surface area contributed by atoms with E-state index in [1.807, 2.05) is 0 Å². The van der Waals surface area contributed by atoms with Gasteiger partial charge in [-0.2, -0.15) is 15.3 Å². The third kappa shape index (κ3) is 6.94. The lowest BCUT2D eigenvalue weighted by atomic mass is 9.97. The third-order valence-electron chi connectivity index (χ3n) is 7.53. The number of nitrogens with one attached hydrogen (secondary N) is 3. The summed E-state index contributed by atoms with van der Waals surface area (Å²) in [6, 6.07) is 11.0. The van der Waals surface area contributed by atoms with Gasteiger partial charge in [-0.05, 0) is 49.2 Å². The van der Waals surface area contributed by atoms with Crippen molar-refractivity contribution < 1.29 is 27.5 Å². The quantitative estimate of drug-likeness (QED) is 0.227. The van der Waals surface area contributed by atoms with E-state index in [0.717, 1.165) is 21.4 Å². The molecule has 226 valence electrons. The minimum atomic E-state index is -2.84. The molecular weight excluding hydrogens is 563 g/mol. The lowest BCUT2D eigenvalue weighted by molar-refractivity contribution is -0.169. The van der Waals surface area contributed by atoms with Crippen LogP contribution in [0.1, 0.15) is 35.7 Å². The number of amides is 2. The van der Waals surface area contributed by atoms with Crippen LogP contribution in [-0.2, 0) is 11.3 Å². The van der Waals surface area contributed by atoms with Crippen molar-refractivity contribution in [2.45, 2.75) is 38.3 Å². The van der Waals surface area contributed by atoms with Crippen LogP contribution >= 0.6 is 0 Å². The van der Waals surface area contributed by atoms with Crippen LogP contribution in [0.3, 0.4) is 0 Å². The van der Waals surface area contributed by atoms with Crippen molar-refractivity contribution in [2.75, 3.05) is 26.7 Å². The van der Waals surface area contributed by atoms with Gasteiger partial charge in [0.25, 0.3) is 11.8 Å². The fourth-order valence-electron chi connectivity index (χ4n) is 5.13. The summed E-state index contributed by atoms with van der Waals surface area (Å²) in [5.41, 5.74) is 2.85. The lowest BCUT2D eigenvalue weighted by Crippen LogP contribution is -2.59. The molecule has 1 fully saturated rings. The maximum absolute atomic E-state index is 14.5. The summed E-state index contributed by atoms with van der Waals surface area (Å²) in [5, 5.41) is 21.9. The Balaban J connectivity index is 1.29. The van der Waals surface area contributed by atoms with E-state index < -0.39 is 36.8 Å². The minimum absolute atomic E-state index is 0.143. The Morgan fingerprint density at radius 1 is 1.14 bits per heavy atom. The molecule has 4 aromatic rings. The molecule has 3 N–H and O–H groups in total. The number of aromatic nitrogens is 4. The molecule has 2 amide bonds. The van der Waals surface area contributed by atoms with Crippen LogP contribution in [0.25, 0.3) is 22.2 Å². The van der Waals surface area contributed by atoms with Gasteiger partial charge in [0.15, 0.2) is 0 Å². The van der Waals surface area contributed by atoms with E-state index >= 15 is 0 Å². The number of likely N-dealkylation sites (tertiary alicyclic amines) is 1. The predicted octanol–water partition coefficient (Wildman–Crippen LogP) is 3.95. The first-order valence-corrected chi connectivity index (χ1v) is 13.9. The number of alkyl halides is 2. The van der Waals surface area contributed by atoms with Gasteiger partial charge in [-0.25, -0.2) is 13.2 Å². The summed E-state index contributed by atoms with van der Waals surface area (Å²) in [7, 11) is 1.46. The fourth-order valence-corrected chi connectivity index (χ4v) is 5.13. The highest BCUT2D eigenvalue weighted by Gasteiger charge is 2.46. The van der Waals surface area contributed by atoms with Gasteiger partial charge in [0.2, 0.25) is 5.91 Å². The Bertz CT molecular complexity index is 1590. The molecule has 2 atom stereocenters. The van der Waals surface area contributed by atoms with Crippen molar-refractivity contribution in [2.24, 2.45) is 5.92 Å². The van der Waals surface area contributed by atoms with Gasteiger partial charge >= 0.3 is 0 Å². The molecule has 1 aliphatic heterocycles. The van der Waals surface area contributed by atoms with Crippen LogP contribution in [0.2, 0.25) is 0 Å². The van der Waals surface area contributed by atoms with Crippen LogP contribution in [-0.4, -0.2) is 75.8 Å². The summed E-state index contributed by atoms with van der Waals surface area (Å²) in [5.74, 6) is -4.07. The third-order valence-corrected chi connectivity index (χ3v) is 7.53. The molecule has 1 saturated heterocycles. The van der Waals surface area contributed by atoms with Crippen LogP contribution in [0.5, 0.6) is 5.75 Å². The maximum atomic E-state index is 14.5. The predicted molar refractivity (Wildman–Crippen MR) is 153 cm³/mol. The Hall–Kier alpha value is -4.52. The first kappa shape index (κ1) is 30.0. The molecule has 2 aromatic carbocycles. The molecule has 2 aromatic heterocycles. The Kier molecular flexibility index (Phi) is 8.90. The first-order valence-electron chi connectivity index (χ1n) is 13.9. The largest absolute Gasteiger partial charge is 0.496 e. The number of carbonyl (C=O) groups excluding carboxylic acids is 2. The van der Waals surface area contributed by atoms with E-state index in [-0.39, 0.29) is 24.9 Å². The summed E-state index contributed by atoms with van der Waals surface area (Å²) in [6.07, 6.45) is 3.88. The molecule has 0 saturated carbocycles. The average Bonchev–Trinajstić information content (AvgIpc) is 3.42. The zero-order valence-corrected chi connectivity index (χ0v) is 23.7. The summed E-state index contributed by atoms with van der Waals surface area (Å²) < 4.78 is 46.3. The molecule has 0 spiro atoms. The summed E-state index contributed by atoms with van der Waals surface area (Å²) >= 11 is 0. The van der Waals surface area contributed by atoms with E-state index in [0.29, 0.717) is 35.4 Å². The number of nitrogens with zero attached hydrogens (tertiary/aromatic N) is 4. The van der Waals surface area contributed by atoms with Crippen LogP contribution in [0.4, 0.5) is 13.2 Å². The number of benzene rings is 2. The lowest BCUT2D eigenvalue weighted by Gasteiger charge is -2.40. The number of H-pyrrole nitrogens is 1. The minimum Gasteiger partial charge on any atom is -0.496 e. The molecule has 0 aliphatic carbocycles. The van der Waals surface area contributed by atoms with Gasteiger partial charge in [-0.3, -0.25) is 14.7 Å². The topological polar surface area (TPSA) is 125 Å². The van der Waals surface area contributed by atoms with E-state index in [1.165, 1.54) is 13.2 Å². The molecule has 0 unspecified atom stereocenters. The summed E-state index contributed by atoms with van der Waals surface area (Å²) in [6.45, 7) is 0.947. The molecule has 0 bridgehead atoms. The van der Waals surface area contributed by atoms with Crippen LogP contribution in [0.15, 0.2) is 54.9 Å². The zero-order chi connectivity index (χ0) is 30.6. The van der Waals surface area contributed by atoms with Gasteiger partial charge in [-0.1, -0.05) is 13.0 Å². The van der Waals surface area contributed by atoms with Crippen molar-refractivity contribution in [3.8, 4) is 17.0 Å². The number of rotatable bonds is 12. The number of hydrogen-bond donors (Lipinski definition) is 3. The molecule has 0 radical (unpaired) electrons. The molecule has 10 nitrogen and oxygen atoms in total. The van der Waals surface area contributed by atoms with Crippen molar-refractivity contribution in [3.63, 3.8) is 0 Å². The number of aromatic amines is 1. The second-order valence-electron chi connectivity index (χ2n) is 10.7. The molecule has 13 heteroatoms. The Labute approximate surface area is 246 Å². The van der Waals surface area contributed by atoms with Gasteiger partial charge in [0.1, 0.15) is 17.3 Å². The smallest absolute Gasteiger partial charge is 0.282 e. The number of carbonyl (C=O) groups is 2. The molecule has 1 aliphatic rings. The highest BCUT2D eigenvalue weighted by atomic mass is 19.3.